The van der Waals surface area contributed by atoms with E-state index in [-0.39, 0.29) is 12.0 Å². The van der Waals surface area contributed by atoms with Crippen LogP contribution >= 0.6 is 0 Å². The third kappa shape index (κ3) is 2.20. The molecule has 1 heterocycles. The number of hydrogen-bond acceptors (Lipinski definition) is 3. The topological polar surface area (TPSA) is 66.4 Å². The lowest BCUT2D eigenvalue weighted by atomic mass is 9.76. The monoisotopic (exact) mass is 211 g/mol. The Morgan fingerprint density at radius 3 is 2.53 bits per heavy atom. The van der Waals surface area contributed by atoms with E-state index in [4.69, 9.17) is 5.11 Å². The van der Waals surface area contributed by atoms with E-state index >= 15 is 0 Å². The van der Waals surface area contributed by atoms with Crippen molar-refractivity contribution < 1.29 is 14.7 Å². The average molecular weight is 211 g/mol. The van der Waals surface area contributed by atoms with Gasteiger partial charge >= 0.3 is 5.97 Å². The summed E-state index contributed by atoms with van der Waals surface area (Å²) >= 11 is 0. The van der Waals surface area contributed by atoms with Gasteiger partial charge in [0.25, 0.3) is 0 Å². The first kappa shape index (κ1) is 10.6. The second-order valence-electron chi connectivity index (χ2n) is 4.60. The Morgan fingerprint density at radius 2 is 1.93 bits per heavy atom. The molecule has 2 atom stereocenters. The summed E-state index contributed by atoms with van der Waals surface area (Å²) in [6, 6.07) is -0.386. The van der Waals surface area contributed by atoms with Crippen molar-refractivity contribution in [1.82, 2.24) is 5.32 Å². The highest BCUT2D eigenvalue weighted by molar-refractivity contribution is 5.79. The molecular weight excluding hydrogens is 194 g/mol. The standard InChI is InChI=1S/C11H17NO3/c13-8-3-1-7(2-4-8)9-5-6-12-10(9)11(14)15/h7,9-10,12H,1-6H2,(H,14,15)/t9?,10-/m0/s1. The highest BCUT2D eigenvalue weighted by atomic mass is 16.4. The lowest BCUT2D eigenvalue weighted by Gasteiger charge is -2.28. The first-order valence-corrected chi connectivity index (χ1v) is 5.66. The minimum atomic E-state index is -0.741. The number of Topliss-reactive ketones (excluding diaryl/α,β-unsaturated/α-hetero) is 1. The largest absolute Gasteiger partial charge is 0.480 e. The van der Waals surface area contributed by atoms with Crippen LogP contribution in [0.25, 0.3) is 0 Å². The van der Waals surface area contributed by atoms with Gasteiger partial charge in [0.1, 0.15) is 11.8 Å². The van der Waals surface area contributed by atoms with Crippen molar-refractivity contribution in [2.24, 2.45) is 11.8 Å². The summed E-state index contributed by atoms with van der Waals surface area (Å²) in [5.74, 6) is 0.257. The van der Waals surface area contributed by atoms with Gasteiger partial charge in [-0.15, -0.1) is 0 Å². The highest BCUT2D eigenvalue weighted by Crippen LogP contribution is 2.34. The van der Waals surface area contributed by atoms with Crippen molar-refractivity contribution in [2.75, 3.05) is 6.54 Å². The molecule has 1 aliphatic carbocycles. The van der Waals surface area contributed by atoms with Crippen LogP contribution in [0, 0.1) is 11.8 Å². The summed E-state index contributed by atoms with van der Waals surface area (Å²) in [5.41, 5.74) is 0. The summed E-state index contributed by atoms with van der Waals surface area (Å²) in [6.45, 7) is 0.798. The van der Waals surface area contributed by atoms with Crippen molar-refractivity contribution in [3.8, 4) is 0 Å². The molecule has 0 aromatic carbocycles. The van der Waals surface area contributed by atoms with Crippen LogP contribution in [0.4, 0.5) is 0 Å². The normalized spacial score (nSPS) is 33.2. The zero-order valence-electron chi connectivity index (χ0n) is 8.74. The average Bonchev–Trinajstić information content (AvgIpc) is 2.67. The molecule has 2 rings (SSSR count). The fraction of sp³-hybridized carbons (Fsp3) is 0.818. The smallest absolute Gasteiger partial charge is 0.320 e. The van der Waals surface area contributed by atoms with E-state index in [2.05, 4.69) is 5.32 Å². The first-order chi connectivity index (χ1) is 7.18. The molecule has 1 unspecified atom stereocenters. The molecule has 1 saturated carbocycles. The van der Waals surface area contributed by atoms with Gasteiger partial charge in [-0.3, -0.25) is 9.59 Å². The summed E-state index contributed by atoms with van der Waals surface area (Å²) in [6.07, 6.45) is 4.00. The number of nitrogens with one attached hydrogen (secondary N) is 1. The zero-order chi connectivity index (χ0) is 10.8. The number of aliphatic carboxylic acids is 1. The van der Waals surface area contributed by atoms with E-state index in [0.717, 1.165) is 25.8 Å². The third-order valence-corrected chi connectivity index (χ3v) is 3.73. The van der Waals surface area contributed by atoms with Crippen LogP contribution in [0.3, 0.4) is 0 Å². The second kappa shape index (κ2) is 4.31. The predicted octanol–water partition coefficient (Wildman–Crippen LogP) is 0.808. The number of ketones is 1. The molecule has 2 N–H and O–H groups in total. The van der Waals surface area contributed by atoms with E-state index in [1.54, 1.807) is 0 Å². The van der Waals surface area contributed by atoms with Gasteiger partial charge in [-0.25, -0.2) is 0 Å². The number of carbonyl (C=O) groups is 2. The third-order valence-electron chi connectivity index (χ3n) is 3.73. The van der Waals surface area contributed by atoms with Crippen LogP contribution in [-0.4, -0.2) is 29.4 Å². The van der Waals surface area contributed by atoms with Crippen LogP contribution in [0.1, 0.15) is 32.1 Å². The minimum Gasteiger partial charge on any atom is -0.480 e. The molecule has 0 radical (unpaired) electrons. The Balaban J connectivity index is 1.97. The van der Waals surface area contributed by atoms with Crippen molar-refractivity contribution in [1.29, 1.82) is 0 Å². The lowest BCUT2D eigenvalue weighted by molar-refractivity contribution is -0.140. The molecule has 2 aliphatic rings. The molecule has 15 heavy (non-hydrogen) atoms. The maximum absolute atomic E-state index is 11.1. The fourth-order valence-electron chi connectivity index (χ4n) is 2.89. The van der Waals surface area contributed by atoms with E-state index < -0.39 is 5.97 Å². The Bertz CT molecular complexity index is 267. The van der Waals surface area contributed by atoms with Gasteiger partial charge in [0, 0.05) is 12.8 Å². The molecule has 2 fully saturated rings. The van der Waals surface area contributed by atoms with E-state index in [1.165, 1.54) is 0 Å². The highest BCUT2D eigenvalue weighted by Gasteiger charge is 2.38. The van der Waals surface area contributed by atoms with E-state index in [1.807, 2.05) is 0 Å². The van der Waals surface area contributed by atoms with Crippen LogP contribution < -0.4 is 5.32 Å². The maximum Gasteiger partial charge on any atom is 0.320 e. The molecule has 4 heteroatoms. The number of carboxylic acid groups (broad SMARTS) is 1. The predicted molar refractivity (Wildman–Crippen MR) is 54.5 cm³/mol. The minimum absolute atomic E-state index is 0.232. The van der Waals surface area contributed by atoms with Crippen molar-refractivity contribution in [2.45, 2.75) is 38.1 Å². The molecule has 0 bridgehead atoms. The second-order valence-corrected chi connectivity index (χ2v) is 4.60. The Morgan fingerprint density at radius 1 is 1.27 bits per heavy atom. The number of rotatable bonds is 2. The Hall–Kier alpha value is -0.900. The molecule has 84 valence electrons. The van der Waals surface area contributed by atoms with Gasteiger partial charge in [-0.2, -0.15) is 0 Å². The van der Waals surface area contributed by atoms with Gasteiger partial charge in [0.05, 0.1) is 0 Å². The maximum atomic E-state index is 11.1. The van der Waals surface area contributed by atoms with E-state index in [0.29, 0.717) is 24.5 Å². The van der Waals surface area contributed by atoms with Gasteiger partial charge in [0.2, 0.25) is 0 Å². The molecule has 0 aromatic heterocycles. The molecule has 0 spiro atoms. The SMILES string of the molecule is O=C1CCC(C2CCN[C@@H]2C(=O)O)CC1. The fourth-order valence-corrected chi connectivity index (χ4v) is 2.89. The molecule has 1 saturated heterocycles. The first-order valence-electron chi connectivity index (χ1n) is 5.66. The van der Waals surface area contributed by atoms with Crippen LogP contribution in [0.15, 0.2) is 0 Å². The molecule has 1 aliphatic heterocycles. The van der Waals surface area contributed by atoms with Crippen LogP contribution in [0.2, 0.25) is 0 Å². The number of hydrogen-bond donors (Lipinski definition) is 2. The summed E-state index contributed by atoms with van der Waals surface area (Å²) < 4.78 is 0. The molecule has 0 aromatic rings. The van der Waals surface area contributed by atoms with Crippen molar-refractivity contribution >= 4 is 11.8 Å². The number of carboxylic acids is 1. The molecule has 0 amide bonds. The van der Waals surface area contributed by atoms with Gasteiger partial charge in [-0.05, 0) is 37.6 Å². The van der Waals surface area contributed by atoms with Crippen LogP contribution in [-0.2, 0) is 9.59 Å². The molecular formula is C11H17NO3. The van der Waals surface area contributed by atoms with Gasteiger partial charge < -0.3 is 10.4 Å². The van der Waals surface area contributed by atoms with Crippen molar-refractivity contribution in [3.63, 3.8) is 0 Å². The van der Waals surface area contributed by atoms with Gasteiger partial charge in [0.15, 0.2) is 0 Å². The summed E-state index contributed by atoms with van der Waals surface area (Å²) in [5, 5.41) is 12.1. The lowest BCUT2D eigenvalue weighted by Crippen LogP contribution is -2.39. The van der Waals surface area contributed by atoms with E-state index in [9.17, 15) is 9.59 Å². The Labute approximate surface area is 89.0 Å². The quantitative estimate of drug-likeness (QED) is 0.709. The summed E-state index contributed by atoms with van der Waals surface area (Å²) in [4.78, 5) is 22.1. The zero-order valence-corrected chi connectivity index (χ0v) is 8.74. The van der Waals surface area contributed by atoms with Crippen molar-refractivity contribution in [3.05, 3.63) is 0 Å². The number of carbonyl (C=O) groups excluding carboxylic acids is 1. The molecule has 4 nitrogen and oxygen atoms in total. The van der Waals surface area contributed by atoms with Gasteiger partial charge in [-0.1, -0.05) is 0 Å². The Kier molecular flexibility index (Phi) is 3.05. The van der Waals surface area contributed by atoms with Crippen LogP contribution in [0.5, 0.6) is 0 Å². The summed E-state index contributed by atoms with van der Waals surface area (Å²) in [7, 11) is 0.